The molecule has 17 heavy (non-hydrogen) atoms. The van der Waals surface area contributed by atoms with Crippen LogP contribution in [-0.4, -0.2) is 22.6 Å². The maximum absolute atomic E-state index is 6.13. The van der Waals surface area contributed by atoms with Crippen LogP contribution >= 0.6 is 11.6 Å². The number of aromatic nitrogens is 2. The predicted molar refractivity (Wildman–Crippen MR) is 73.8 cm³/mol. The highest BCUT2D eigenvalue weighted by atomic mass is 35.5. The number of halogens is 1. The molecule has 0 aliphatic heterocycles. The van der Waals surface area contributed by atoms with Gasteiger partial charge < -0.3 is 4.90 Å². The van der Waals surface area contributed by atoms with E-state index in [-0.39, 0.29) is 0 Å². The number of hydrogen-bond donors (Lipinski definition) is 0. The molecule has 0 N–H and O–H groups in total. The van der Waals surface area contributed by atoms with Crippen LogP contribution in [0.25, 0.3) is 0 Å². The van der Waals surface area contributed by atoms with E-state index in [4.69, 9.17) is 11.6 Å². The molecule has 0 fully saturated rings. The summed E-state index contributed by atoms with van der Waals surface area (Å²) in [4.78, 5) is 11.0. The summed E-state index contributed by atoms with van der Waals surface area (Å²) in [5, 5.41) is 0.557. The lowest BCUT2D eigenvalue weighted by Crippen LogP contribution is -2.35. The molecular weight excluding hydrogens is 234 g/mol. The standard InChI is InChI=1S/C13H22ClN3/c1-8(2)7-17(9(3)4)13-10(5)12(14)15-11(6)16-13/h8-9H,7H2,1-6H3. The Kier molecular flexibility index (Phi) is 4.75. The summed E-state index contributed by atoms with van der Waals surface area (Å²) in [5.41, 5.74) is 0.964. The van der Waals surface area contributed by atoms with Crippen LogP contribution in [0.1, 0.15) is 39.1 Å². The number of rotatable bonds is 4. The summed E-state index contributed by atoms with van der Waals surface area (Å²) in [6.45, 7) is 13.6. The average Bonchev–Trinajstić information content (AvgIpc) is 2.19. The number of hydrogen-bond acceptors (Lipinski definition) is 3. The molecule has 0 bridgehead atoms. The Balaban J connectivity index is 3.18. The van der Waals surface area contributed by atoms with Gasteiger partial charge in [-0.05, 0) is 33.6 Å². The molecule has 96 valence electrons. The normalized spacial score (nSPS) is 11.4. The number of aryl methyl sites for hydroxylation is 1. The molecule has 0 aromatic carbocycles. The first-order valence-electron chi connectivity index (χ1n) is 6.10. The van der Waals surface area contributed by atoms with Gasteiger partial charge in [-0.15, -0.1) is 0 Å². The van der Waals surface area contributed by atoms with Gasteiger partial charge in [0, 0.05) is 18.2 Å². The van der Waals surface area contributed by atoms with Crippen LogP contribution in [0.5, 0.6) is 0 Å². The van der Waals surface area contributed by atoms with Crippen molar-refractivity contribution in [2.75, 3.05) is 11.4 Å². The SMILES string of the molecule is Cc1nc(Cl)c(C)c(N(CC(C)C)C(C)C)n1. The van der Waals surface area contributed by atoms with Crippen molar-refractivity contribution in [3.05, 3.63) is 16.5 Å². The fourth-order valence-electron chi connectivity index (χ4n) is 1.80. The largest absolute Gasteiger partial charge is 0.354 e. The fourth-order valence-corrected chi connectivity index (χ4v) is 2.00. The minimum absolute atomic E-state index is 0.404. The first-order chi connectivity index (χ1) is 7.82. The maximum atomic E-state index is 6.13. The van der Waals surface area contributed by atoms with E-state index in [1.54, 1.807) is 0 Å². The first-order valence-corrected chi connectivity index (χ1v) is 6.48. The zero-order valence-electron chi connectivity index (χ0n) is 11.6. The Morgan fingerprint density at radius 2 is 1.71 bits per heavy atom. The highest BCUT2D eigenvalue weighted by molar-refractivity contribution is 6.30. The van der Waals surface area contributed by atoms with Crippen LogP contribution in [0.2, 0.25) is 5.15 Å². The fraction of sp³-hybridized carbons (Fsp3) is 0.692. The summed E-state index contributed by atoms with van der Waals surface area (Å²) < 4.78 is 0. The topological polar surface area (TPSA) is 29.0 Å². The van der Waals surface area contributed by atoms with Crippen molar-refractivity contribution >= 4 is 17.4 Å². The van der Waals surface area contributed by atoms with Gasteiger partial charge in [-0.1, -0.05) is 25.4 Å². The number of anilines is 1. The first kappa shape index (κ1) is 14.2. The summed E-state index contributed by atoms with van der Waals surface area (Å²) >= 11 is 6.13. The van der Waals surface area contributed by atoms with E-state index in [2.05, 4.69) is 42.6 Å². The van der Waals surface area contributed by atoms with E-state index < -0.39 is 0 Å². The molecule has 1 aromatic heterocycles. The highest BCUT2D eigenvalue weighted by Gasteiger charge is 2.18. The predicted octanol–water partition coefficient (Wildman–Crippen LogP) is 3.62. The molecule has 0 aliphatic carbocycles. The summed E-state index contributed by atoms with van der Waals surface area (Å²) in [6.07, 6.45) is 0. The van der Waals surface area contributed by atoms with Gasteiger partial charge in [0.15, 0.2) is 0 Å². The lowest BCUT2D eigenvalue weighted by Gasteiger charge is -2.31. The van der Waals surface area contributed by atoms with Gasteiger partial charge in [0.05, 0.1) is 0 Å². The Bertz CT molecular complexity index is 388. The lowest BCUT2D eigenvalue weighted by atomic mass is 10.1. The second kappa shape index (κ2) is 5.67. The van der Waals surface area contributed by atoms with E-state index >= 15 is 0 Å². The minimum atomic E-state index is 0.404. The van der Waals surface area contributed by atoms with E-state index in [0.717, 1.165) is 23.8 Å². The highest BCUT2D eigenvalue weighted by Crippen LogP contribution is 2.25. The second-order valence-electron chi connectivity index (χ2n) is 5.15. The van der Waals surface area contributed by atoms with Gasteiger partial charge in [0.25, 0.3) is 0 Å². The Labute approximate surface area is 109 Å². The van der Waals surface area contributed by atoms with Crippen LogP contribution in [-0.2, 0) is 0 Å². The molecule has 0 unspecified atom stereocenters. The quantitative estimate of drug-likeness (QED) is 0.770. The van der Waals surface area contributed by atoms with Crippen LogP contribution < -0.4 is 4.90 Å². The molecular formula is C13H22ClN3. The third-order valence-corrected chi connectivity index (χ3v) is 3.00. The van der Waals surface area contributed by atoms with Gasteiger partial charge in [-0.25, -0.2) is 9.97 Å². The Morgan fingerprint density at radius 3 is 2.18 bits per heavy atom. The van der Waals surface area contributed by atoms with Gasteiger partial charge in [-0.3, -0.25) is 0 Å². The molecule has 0 atom stereocenters. The molecule has 3 nitrogen and oxygen atoms in total. The van der Waals surface area contributed by atoms with Crippen LogP contribution in [0.3, 0.4) is 0 Å². The molecule has 1 heterocycles. The third kappa shape index (κ3) is 3.56. The molecule has 0 saturated heterocycles. The molecule has 4 heteroatoms. The molecule has 0 radical (unpaired) electrons. The van der Waals surface area contributed by atoms with Crippen molar-refractivity contribution in [3.63, 3.8) is 0 Å². The molecule has 0 saturated carbocycles. The van der Waals surface area contributed by atoms with Gasteiger partial charge in [-0.2, -0.15) is 0 Å². The molecule has 1 rings (SSSR count). The third-order valence-electron chi connectivity index (χ3n) is 2.63. The summed E-state index contributed by atoms with van der Waals surface area (Å²) in [6, 6.07) is 0.404. The maximum Gasteiger partial charge on any atom is 0.137 e. The zero-order valence-corrected chi connectivity index (χ0v) is 12.3. The van der Waals surface area contributed by atoms with Crippen molar-refractivity contribution < 1.29 is 0 Å². The molecule has 0 amide bonds. The van der Waals surface area contributed by atoms with E-state index in [0.29, 0.717) is 17.1 Å². The van der Waals surface area contributed by atoms with Crippen LogP contribution in [0, 0.1) is 19.8 Å². The average molecular weight is 256 g/mol. The Morgan fingerprint density at radius 1 is 1.12 bits per heavy atom. The summed E-state index contributed by atoms with van der Waals surface area (Å²) in [5.74, 6) is 2.28. The van der Waals surface area contributed by atoms with Crippen molar-refractivity contribution in [1.29, 1.82) is 0 Å². The van der Waals surface area contributed by atoms with Crippen molar-refractivity contribution in [1.82, 2.24) is 9.97 Å². The van der Waals surface area contributed by atoms with Gasteiger partial charge >= 0.3 is 0 Å². The Hall–Kier alpha value is -0.830. The molecule has 0 spiro atoms. The van der Waals surface area contributed by atoms with Crippen molar-refractivity contribution in [3.8, 4) is 0 Å². The number of nitrogens with zero attached hydrogens (tertiary/aromatic N) is 3. The summed E-state index contributed by atoms with van der Waals surface area (Å²) in [7, 11) is 0. The van der Waals surface area contributed by atoms with E-state index in [9.17, 15) is 0 Å². The zero-order chi connectivity index (χ0) is 13.2. The molecule has 1 aromatic rings. The van der Waals surface area contributed by atoms with Gasteiger partial charge in [0.1, 0.15) is 16.8 Å². The van der Waals surface area contributed by atoms with Crippen molar-refractivity contribution in [2.24, 2.45) is 5.92 Å². The lowest BCUT2D eigenvalue weighted by molar-refractivity contribution is 0.564. The smallest absolute Gasteiger partial charge is 0.137 e. The molecule has 0 aliphatic rings. The van der Waals surface area contributed by atoms with Crippen LogP contribution in [0.15, 0.2) is 0 Å². The second-order valence-corrected chi connectivity index (χ2v) is 5.51. The van der Waals surface area contributed by atoms with Gasteiger partial charge in [0.2, 0.25) is 0 Å². The van der Waals surface area contributed by atoms with E-state index in [1.807, 2.05) is 13.8 Å². The van der Waals surface area contributed by atoms with Crippen LogP contribution in [0.4, 0.5) is 5.82 Å². The van der Waals surface area contributed by atoms with Crippen molar-refractivity contribution in [2.45, 2.75) is 47.6 Å². The van der Waals surface area contributed by atoms with E-state index in [1.165, 1.54) is 0 Å². The monoisotopic (exact) mass is 255 g/mol. The minimum Gasteiger partial charge on any atom is -0.354 e.